The number of methoxy groups -OCH3 is 1. The van der Waals surface area contributed by atoms with E-state index in [1.54, 1.807) is 7.11 Å². The lowest BCUT2D eigenvalue weighted by molar-refractivity contribution is -0.153. The zero-order chi connectivity index (χ0) is 20.8. The maximum absolute atomic E-state index is 12.5. The molecule has 0 aliphatic carbocycles. The second-order valence-electron chi connectivity index (χ2n) is 8.18. The maximum Gasteiger partial charge on any atom is 0.310 e. The predicted molar refractivity (Wildman–Crippen MR) is 113 cm³/mol. The molecule has 0 bridgehead atoms. The fraction of sp³-hybridized carbons (Fsp3) is 0.458. The van der Waals surface area contributed by atoms with Crippen molar-refractivity contribution in [3.63, 3.8) is 0 Å². The Bertz CT molecular complexity index is 786. The van der Waals surface area contributed by atoms with Crippen molar-refractivity contribution in [1.29, 1.82) is 0 Å². The number of carbonyl (C=O) groups is 1. The summed E-state index contributed by atoms with van der Waals surface area (Å²) in [7, 11) is 1.64. The number of ether oxygens (including phenoxy) is 2. The van der Waals surface area contributed by atoms with E-state index in [1.807, 2.05) is 36.4 Å². The molecule has 0 saturated carbocycles. The molecule has 1 fully saturated rings. The highest BCUT2D eigenvalue weighted by atomic mass is 16.6. The number of nitrogens with one attached hydrogen (secondary N) is 1. The summed E-state index contributed by atoms with van der Waals surface area (Å²) in [6, 6.07) is 15.8. The Labute approximate surface area is 173 Å². The number of esters is 1. The minimum absolute atomic E-state index is 0.115. The van der Waals surface area contributed by atoms with Gasteiger partial charge in [0.25, 0.3) is 0 Å². The number of carbonyl (C=O) groups excluding carboxylic acids is 1. The van der Waals surface area contributed by atoms with Crippen LogP contribution in [0.25, 0.3) is 0 Å². The van der Waals surface area contributed by atoms with Gasteiger partial charge in [-0.1, -0.05) is 50.2 Å². The normalized spacial score (nSPS) is 21.3. The van der Waals surface area contributed by atoms with Crippen molar-refractivity contribution in [2.24, 2.45) is 5.92 Å². The molecule has 1 aliphatic rings. The first-order valence-electron chi connectivity index (χ1n) is 10.3. The van der Waals surface area contributed by atoms with Gasteiger partial charge in [-0.05, 0) is 47.6 Å². The molecule has 2 aromatic rings. The third kappa shape index (κ3) is 6.05. The fourth-order valence-electron chi connectivity index (χ4n) is 3.76. The SMILES string of the molecule is COc1ccc(C[C@H]2NC[C@H](O)[C@H]2OC(=O)Cc2ccc(CC(C)C)cc2)cc1. The van der Waals surface area contributed by atoms with E-state index >= 15 is 0 Å². The summed E-state index contributed by atoms with van der Waals surface area (Å²) in [5.41, 5.74) is 3.29. The largest absolute Gasteiger partial charge is 0.497 e. The Morgan fingerprint density at radius 1 is 1.07 bits per heavy atom. The lowest BCUT2D eigenvalue weighted by atomic mass is 10.0. The van der Waals surface area contributed by atoms with Crippen molar-refractivity contribution < 1.29 is 19.4 Å². The van der Waals surface area contributed by atoms with Gasteiger partial charge in [0, 0.05) is 6.54 Å². The van der Waals surface area contributed by atoms with Crippen molar-refractivity contribution >= 4 is 5.97 Å². The van der Waals surface area contributed by atoms with Crippen LogP contribution < -0.4 is 10.1 Å². The van der Waals surface area contributed by atoms with Crippen LogP contribution in [-0.4, -0.2) is 43.0 Å². The van der Waals surface area contributed by atoms with E-state index in [2.05, 4.69) is 31.3 Å². The van der Waals surface area contributed by atoms with Gasteiger partial charge in [0.1, 0.15) is 18.0 Å². The third-order valence-corrected chi connectivity index (χ3v) is 5.26. The first-order valence-corrected chi connectivity index (χ1v) is 10.3. The molecule has 0 aromatic heterocycles. The number of rotatable bonds is 8. The lowest BCUT2D eigenvalue weighted by Crippen LogP contribution is -2.39. The first-order chi connectivity index (χ1) is 13.9. The van der Waals surface area contributed by atoms with Gasteiger partial charge in [-0.15, -0.1) is 0 Å². The number of aliphatic hydroxyl groups is 1. The quantitative estimate of drug-likeness (QED) is 0.671. The van der Waals surface area contributed by atoms with E-state index in [-0.39, 0.29) is 18.4 Å². The van der Waals surface area contributed by atoms with Gasteiger partial charge < -0.3 is 19.9 Å². The minimum atomic E-state index is -0.699. The number of hydrogen-bond donors (Lipinski definition) is 2. The summed E-state index contributed by atoms with van der Waals surface area (Å²) < 4.78 is 10.9. The molecule has 29 heavy (non-hydrogen) atoms. The van der Waals surface area contributed by atoms with Crippen LogP contribution >= 0.6 is 0 Å². The van der Waals surface area contributed by atoms with Gasteiger partial charge >= 0.3 is 5.97 Å². The van der Waals surface area contributed by atoms with E-state index < -0.39 is 12.2 Å². The van der Waals surface area contributed by atoms with E-state index in [9.17, 15) is 9.90 Å². The van der Waals surface area contributed by atoms with Crippen molar-refractivity contribution in [1.82, 2.24) is 5.32 Å². The molecule has 0 amide bonds. The molecule has 5 heteroatoms. The number of hydrogen-bond acceptors (Lipinski definition) is 5. The molecule has 2 aromatic carbocycles. The Kier molecular flexibility index (Phi) is 7.29. The molecule has 2 N–H and O–H groups in total. The highest BCUT2D eigenvalue weighted by molar-refractivity contribution is 5.73. The molecule has 5 nitrogen and oxygen atoms in total. The average molecular weight is 398 g/mol. The van der Waals surface area contributed by atoms with Crippen LogP contribution in [0.2, 0.25) is 0 Å². The zero-order valence-electron chi connectivity index (χ0n) is 17.4. The summed E-state index contributed by atoms with van der Waals surface area (Å²) >= 11 is 0. The zero-order valence-corrected chi connectivity index (χ0v) is 17.4. The number of β-amino-alcohol motifs (C(OH)–C–C–N with tert-alkyl or cyclic N) is 1. The molecule has 1 saturated heterocycles. The van der Waals surface area contributed by atoms with Crippen LogP contribution in [0.1, 0.15) is 30.5 Å². The Hall–Kier alpha value is -2.37. The molecule has 3 atom stereocenters. The molecule has 0 unspecified atom stereocenters. The Balaban J connectivity index is 1.57. The van der Waals surface area contributed by atoms with E-state index in [0.717, 1.165) is 23.3 Å². The van der Waals surface area contributed by atoms with E-state index in [0.29, 0.717) is 18.9 Å². The van der Waals surface area contributed by atoms with Crippen LogP contribution in [0.3, 0.4) is 0 Å². The van der Waals surface area contributed by atoms with Gasteiger partial charge in [0.2, 0.25) is 0 Å². The average Bonchev–Trinajstić information content (AvgIpc) is 3.03. The summed E-state index contributed by atoms with van der Waals surface area (Å²) in [4.78, 5) is 12.5. The van der Waals surface area contributed by atoms with Gasteiger partial charge in [-0.3, -0.25) is 4.79 Å². The molecule has 0 spiro atoms. The molecular weight excluding hydrogens is 366 g/mol. The monoisotopic (exact) mass is 397 g/mol. The second-order valence-corrected chi connectivity index (χ2v) is 8.18. The molecule has 3 rings (SSSR count). The van der Waals surface area contributed by atoms with Crippen molar-refractivity contribution in [2.75, 3.05) is 13.7 Å². The van der Waals surface area contributed by atoms with Crippen LogP contribution in [0.15, 0.2) is 48.5 Å². The minimum Gasteiger partial charge on any atom is -0.497 e. The van der Waals surface area contributed by atoms with Crippen LogP contribution in [0.4, 0.5) is 0 Å². The maximum atomic E-state index is 12.5. The van der Waals surface area contributed by atoms with Gasteiger partial charge in [-0.2, -0.15) is 0 Å². The van der Waals surface area contributed by atoms with Gasteiger partial charge in [0.05, 0.1) is 19.6 Å². The summed E-state index contributed by atoms with van der Waals surface area (Å²) in [5.74, 6) is 1.09. The van der Waals surface area contributed by atoms with Gasteiger partial charge in [-0.25, -0.2) is 0 Å². The second kappa shape index (κ2) is 9.90. The Morgan fingerprint density at radius 3 is 2.31 bits per heavy atom. The van der Waals surface area contributed by atoms with Crippen LogP contribution in [0.5, 0.6) is 5.75 Å². The lowest BCUT2D eigenvalue weighted by Gasteiger charge is -2.22. The molecule has 1 heterocycles. The molecule has 1 aliphatic heterocycles. The summed E-state index contributed by atoms with van der Waals surface area (Å²) in [6.07, 6.45) is 0.654. The van der Waals surface area contributed by atoms with Gasteiger partial charge in [0.15, 0.2) is 0 Å². The first kappa shape index (κ1) is 21.3. The predicted octanol–water partition coefficient (Wildman–Crippen LogP) is 2.92. The fourth-order valence-corrected chi connectivity index (χ4v) is 3.76. The smallest absolute Gasteiger partial charge is 0.310 e. The van der Waals surface area contributed by atoms with Crippen molar-refractivity contribution in [3.05, 3.63) is 65.2 Å². The highest BCUT2D eigenvalue weighted by Crippen LogP contribution is 2.20. The molecular formula is C24H31NO4. The van der Waals surface area contributed by atoms with Crippen LogP contribution in [-0.2, 0) is 28.8 Å². The Morgan fingerprint density at radius 2 is 1.69 bits per heavy atom. The molecule has 156 valence electrons. The number of benzene rings is 2. The van der Waals surface area contributed by atoms with Crippen LogP contribution in [0, 0.1) is 5.92 Å². The topological polar surface area (TPSA) is 67.8 Å². The standard InChI is InChI=1S/C24H31NO4/c1-16(2)12-17-4-6-19(7-5-17)14-23(27)29-24-21(25-15-22(24)26)13-18-8-10-20(28-3)11-9-18/h4-11,16,21-22,24-26H,12-15H2,1-3H3/t21-,22+,24+/m1/s1. The summed E-state index contributed by atoms with van der Waals surface area (Å²) in [6.45, 7) is 4.80. The molecule has 0 radical (unpaired) electrons. The van der Waals surface area contributed by atoms with Crippen molar-refractivity contribution in [2.45, 2.75) is 51.4 Å². The number of aliphatic hydroxyl groups excluding tert-OH is 1. The third-order valence-electron chi connectivity index (χ3n) is 5.26. The van der Waals surface area contributed by atoms with Crippen molar-refractivity contribution in [3.8, 4) is 5.75 Å². The highest BCUT2D eigenvalue weighted by Gasteiger charge is 2.37. The van der Waals surface area contributed by atoms with E-state index in [4.69, 9.17) is 9.47 Å². The van der Waals surface area contributed by atoms with E-state index in [1.165, 1.54) is 5.56 Å². The summed E-state index contributed by atoms with van der Waals surface area (Å²) in [5, 5.41) is 13.6.